The van der Waals surface area contributed by atoms with Gasteiger partial charge in [0.1, 0.15) is 0 Å². The van der Waals surface area contributed by atoms with Crippen LogP contribution in [0.2, 0.25) is 0 Å². The SMILES string of the molecule is CCCc1c(CC)c(-c2ccccc2)c2ccccc2c1Br. The molecular weight excluding hydrogens is 332 g/mol. The van der Waals surface area contributed by atoms with E-state index >= 15 is 0 Å². The van der Waals surface area contributed by atoms with Crippen LogP contribution < -0.4 is 0 Å². The maximum Gasteiger partial charge on any atom is 0.0288 e. The van der Waals surface area contributed by atoms with Crippen molar-refractivity contribution in [3.8, 4) is 11.1 Å². The molecule has 3 aromatic carbocycles. The summed E-state index contributed by atoms with van der Waals surface area (Å²) in [5.41, 5.74) is 5.69. The van der Waals surface area contributed by atoms with Gasteiger partial charge in [-0.05, 0) is 61.8 Å². The zero-order valence-electron chi connectivity index (χ0n) is 13.2. The van der Waals surface area contributed by atoms with Gasteiger partial charge in [0.15, 0.2) is 0 Å². The first kappa shape index (κ1) is 15.3. The van der Waals surface area contributed by atoms with E-state index in [0.29, 0.717) is 0 Å². The Labute approximate surface area is 141 Å². The minimum Gasteiger partial charge on any atom is -0.0651 e. The maximum absolute atomic E-state index is 3.88. The molecule has 3 rings (SSSR count). The van der Waals surface area contributed by atoms with Crippen molar-refractivity contribution >= 4 is 26.7 Å². The van der Waals surface area contributed by atoms with Crippen LogP contribution in [0.25, 0.3) is 21.9 Å². The van der Waals surface area contributed by atoms with Gasteiger partial charge in [-0.15, -0.1) is 0 Å². The van der Waals surface area contributed by atoms with Gasteiger partial charge >= 0.3 is 0 Å². The van der Waals surface area contributed by atoms with Gasteiger partial charge < -0.3 is 0 Å². The highest BCUT2D eigenvalue weighted by Gasteiger charge is 2.17. The highest BCUT2D eigenvalue weighted by molar-refractivity contribution is 9.10. The third kappa shape index (κ3) is 2.59. The monoisotopic (exact) mass is 352 g/mol. The van der Waals surface area contributed by atoms with Gasteiger partial charge in [-0.1, -0.05) is 74.9 Å². The average molecular weight is 353 g/mol. The number of hydrogen-bond donors (Lipinski definition) is 0. The van der Waals surface area contributed by atoms with Crippen molar-refractivity contribution in [2.75, 3.05) is 0 Å². The zero-order chi connectivity index (χ0) is 15.5. The van der Waals surface area contributed by atoms with E-state index in [-0.39, 0.29) is 0 Å². The zero-order valence-corrected chi connectivity index (χ0v) is 14.8. The molecule has 0 aliphatic rings. The van der Waals surface area contributed by atoms with E-state index in [1.54, 1.807) is 0 Å². The first-order valence-corrected chi connectivity index (χ1v) is 8.84. The lowest BCUT2D eigenvalue weighted by atomic mass is 9.87. The molecule has 1 heteroatoms. The number of benzene rings is 3. The van der Waals surface area contributed by atoms with Gasteiger partial charge in [0.2, 0.25) is 0 Å². The number of fused-ring (bicyclic) bond motifs is 1. The van der Waals surface area contributed by atoms with Gasteiger partial charge in [-0.25, -0.2) is 0 Å². The fourth-order valence-corrected chi connectivity index (χ4v) is 4.12. The standard InChI is InChI=1S/C21H21Br/c1-3-10-18-16(4-2)20(15-11-6-5-7-12-15)17-13-8-9-14-19(17)21(18)22/h5-9,11-14H,3-4,10H2,1-2H3. The molecule has 0 fully saturated rings. The van der Waals surface area contributed by atoms with Crippen LogP contribution in [0.15, 0.2) is 59.1 Å². The quantitative estimate of drug-likeness (QED) is 0.485. The molecule has 3 aromatic rings. The smallest absolute Gasteiger partial charge is 0.0288 e. The van der Waals surface area contributed by atoms with Crippen LogP contribution in [-0.2, 0) is 12.8 Å². The normalized spacial score (nSPS) is 11.0. The molecule has 0 aliphatic carbocycles. The van der Waals surface area contributed by atoms with Crippen molar-refractivity contribution in [3.05, 3.63) is 70.2 Å². The van der Waals surface area contributed by atoms with Crippen LogP contribution in [0.4, 0.5) is 0 Å². The third-order valence-corrected chi connectivity index (χ3v) is 5.19. The maximum atomic E-state index is 3.88. The largest absolute Gasteiger partial charge is 0.0651 e. The van der Waals surface area contributed by atoms with E-state index in [9.17, 15) is 0 Å². The molecule has 0 N–H and O–H groups in total. The Morgan fingerprint density at radius 2 is 1.41 bits per heavy atom. The molecule has 0 radical (unpaired) electrons. The molecule has 112 valence electrons. The fourth-order valence-electron chi connectivity index (χ4n) is 3.34. The van der Waals surface area contributed by atoms with Crippen LogP contribution in [0, 0.1) is 0 Å². The van der Waals surface area contributed by atoms with Crippen molar-refractivity contribution < 1.29 is 0 Å². The predicted molar refractivity (Wildman–Crippen MR) is 100 cm³/mol. The van der Waals surface area contributed by atoms with Crippen LogP contribution in [0.1, 0.15) is 31.4 Å². The van der Waals surface area contributed by atoms with E-state index in [1.807, 2.05) is 0 Å². The average Bonchev–Trinajstić information content (AvgIpc) is 2.58. The minimum atomic E-state index is 1.06. The Kier molecular flexibility index (Phi) is 4.63. The lowest BCUT2D eigenvalue weighted by molar-refractivity contribution is 0.898. The first-order chi connectivity index (χ1) is 10.8. The summed E-state index contributed by atoms with van der Waals surface area (Å²) in [6.07, 6.45) is 3.34. The van der Waals surface area contributed by atoms with Gasteiger partial charge in [-0.3, -0.25) is 0 Å². The number of rotatable bonds is 4. The Bertz CT molecular complexity index is 788. The predicted octanol–water partition coefficient (Wildman–Crippen LogP) is 6.78. The Hall–Kier alpha value is -1.60. The lowest BCUT2D eigenvalue weighted by Gasteiger charge is -2.19. The molecule has 0 amide bonds. The van der Waals surface area contributed by atoms with Crippen molar-refractivity contribution in [2.24, 2.45) is 0 Å². The molecule has 0 spiro atoms. The van der Waals surface area contributed by atoms with Crippen LogP contribution in [0.3, 0.4) is 0 Å². The van der Waals surface area contributed by atoms with Gasteiger partial charge in [-0.2, -0.15) is 0 Å². The summed E-state index contributed by atoms with van der Waals surface area (Å²) in [5, 5.41) is 2.67. The van der Waals surface area contributed by atoms with E-state index in [2.05, 4.69) is 84.4 Å². The fraction of sp³-hybridized carbons (Fsp3) is 0.238. The van der Waals surface area contributed by atoms with Crippen LogP contribution in [-0.4, -0.2) is 0 Å². The molecule has 0 aromatic heterocycles. The minimum absolute atomic E-state index is 1.06. The molecule has 0 unspecified atom stereocenters. The summed E-state index contributed by atoms with van der Waals surface area (Å²) < 4.78 is 1.28. The highest BCUT2D eigenvalue weighted by atomic mass is 79.9. The second-order valence-electron chi connectivity index (χ2n) is 5.66. The molecule has 0 bridgehead atoms. The summed E-state index contributed by atoms with van der Waals surface area (Å²) >= 11 is 3.88. The summed E-state index contributed by atoms with van der Waals surface area (Å²) in [6, 6.07) is 19.5. The van der Waals surface area contributed by atoms with Crippen molar-refractivity contribution in [3.63, 3.8) is 0 Å². The molecule has 0 heterocycles. The topological polar surface area (TPSA) is 0 Å². The molecule has 0 saturated heterocycles. The van der Waals surface area contributed by atoms with E-state index in [1.165, 1.54) is 37.5 Å². The van der Waals surface area contributed by atoms with Gasteiger partial charge in [0.05, 0.1) is 0 Å². The second-order valence-corrected chi connectivity index (χ2v) is 6.45. The summed E-state index contributed by atoms with van der Waals surface area (Å²) in [6.45, 7) is 4.52. The Morgan fingerprint density at radius 3 is 2.05 bits per heavy atom. The Balaban J connectivity index is 2.45. The molecule has 0 nitrogen and oxygen atoms in total. The second kappa shape index (κ2) is 6.66. The molecule has 0 saturated carbocycles. The number of halogens is 1. The van der Waals surface area contributed by atoms with E-state index in [0.717, 1.165) is 19.3 Å². The lowest BCUT2D eigenvalue weighted by Crippen LogP contribution is -2.00. The van der Waals surface area contributed by atoms with Crippen LogP contribution in [0.5, 0.6) is 0 Å². The summed E-state index contributed by atoms with van der Waals surface area (Å²) in [5.74, 6) is 0. The van der Waals surface area contributed by atoms with Crippen LogP contribution >= 0.6 is 15.9 Å². The number of hydrogen-bond acceptors (Lipinski definition) is 0. The molecular formula is C21H21Br. The molecule has 0 aliphatic heterocycles. The third-order valence-electron chi connectivity index (χ3n) is 4.28. The highest BCUT2D eigenvalue weighted by Crippen LogP contribution is 2.40. The van der Waals surface area contributed by atoms with E-state index in [4.69, 9.17) is 0 Å². The van der Waals surface area contributed by atoms with Gasteiger partial charge in [0, 0.05) is 4.47 Å². The summed E-state index contributed by atoms with van der Waals surface area (Å²) in [7, 11) is 0. The van der Waals surface area contributed by atoms with Crippen molar-refractivity contribution in [2.45, 2.75) is 33.1 Å². The van der Waals surface area contributed by atoms with Crippen molar-refractivity contribution in [1.29, 1.82) is 0 Å². The van der Waals surface area contributed by atoms with E-state index < -0.39 is 0 Å². The van der Waals surface area contributed by atoms with Gasteiger partial charge in [0.25, 0.3) is 0 Å². The molecule has 22 heavy (non-hydrogen) atoms. The molecule has 0 atom stereocenters. The Morgan fingerprint density at radius 1 is 0.773 bits per heavy atom. The first-order valence-electron chi connectivity index (χ1n) is 8.05. The summed E-state index contributed by atoms with van der Waals surface area (Å²) in [4.78, 5) is 0. The van der Waals surface area contributed by atoms with Crippen molar-refractivity contribution in [1.82, 2.24) is 0 Å².